The predicted octanol–water partition coefficient (Wildman–Crippen LogP) is 2.43. The van der Waals surface area contributed by atoms with E-state index < -0.39 is 0 Å². The van der Waals surface area contributed by atoms with Gasteiger partial charge in [-0.05, 0) is 44.4 Å². The second-order valence-electron chi connectivity index (χ2n) is 5.96. The van der Waals surface area contributed by atoms with Gasteiger partial charge in [0.15, 0.2) is 11.5 Å². The van der Waals surface area contributed by atoms with Crippen LogP contribution in [0.25, 0.3) is 0 Å². The molecule has 0 bridgehead atoms. The summed E-state index contributed by atoms with van der Waals surface area (Å²) < 4.78 is 11.7. The normalized spacial score (nSPS) is 21.1. The van der Waals surface area contributed by atoms with Crippen LogP contribution >= 0.6 is 0 Å². The molecular formula is C14H19NO2. The van der Waals surface area contributed by atoms with Gasteiger partial charge in [0.25, 0.3) is 0 Å². The largest absolute Gasteiger partial charge is 0.489 e. The lowest BCUT2D eigenvalue weighted by molar-refractivity contribution is 0.197. The first kappa shape index (κ1) is 10.9. The van der Waals surface area contributed by atoms with Crippen LogP contribution in [-0.4, -0.2) is 13.2 Å². The zero-order valence-electron chi connectivity index (χ0n) is 10.5. The molecule has 1 spiro atoms. The van der Waals surface area contributed by atoms with Gasteiger partial charge >= 0.3 is 0 Å². The maximum Gasteiger partial charge on any atom is 0.161 e. The van der Waals surface area contributed by atoms with Gasteiger partial charge in [-0.15, -0.1) is 0 Å². The van der Waals surface area contributed by atoms with Gasteiger partial charge in [0.2, 0.25) is 0 Å². The summed E-state index contributed by atoms with van der Waals surface area (Å²) in [6, 6.07) is 6.00. The van der Waals surface area contributed by atoms with Crippen molar-refractivity contribution < 1.29 is 9.47 Å². The summed E-state index contributed by atoms with van der Waals surface area (Å²) in [5.41, 5.74) is 7.12. The highest BCUT2D eigenvalue weighted by Crippen LogP contribution is 2.49. The number of hydrogen-bond donors (Lipinski definition) is 1. The molecule has 1 aliphatic carbocycles. The first-order chi connectivity index (χ1) is 7.99. The molecule has 2 N–H and O–H groups in total. The van der Waals surface area contributed by atoms with E-state index in [4.69, 9.17) is 15.2 Å². The van der Waals surface area contributed by atoms with Gasteiger partial charge in [-0.2, -0.15) is 0 Å². The zero-order chi connectivity index (χ0) is 12.1. The number of hydrogen-bond acceptors (Lipinski definition) is 3. The summed E-state index contributed by atoms with van der Waals surface area (Å²) in [7, 11) is 0. The molecule has 0 amide bonds. The van der Waals surface area contributed by atoms with E-state index in [0.717, 1.165) is 30.3 Å². The highest BCUT2D eigenvalue weighted by atomic mass is 16.5. The van der Waals surface area contributed by atoms with Crippen LogP contribution in [-0.2, 0) is 5.54 Å². The van der Waals surface area contributed by atoms with Gasteiger partial charge in [0, 0.05) is 11.0 Å². The van der Waals surface area contributed by atoms with Crippen molar-refractivity contribution in [3.8, 4) is 11.5 Å². The van der Waals surface area contributed by atoms with E-state index in [1.54, 1.807) is 0 Å². The standard InChI is InChI=1S/C14H19NO2/c1-13(2,15)10-3-4-11-12(7-10)17-9-14(5-6-14)8-16-11/h3-4,7H,5-6,8-9,15H2,1-2H3. The molecule has 1 heterocycles. The maximum absolute atomic E-state index is 6.10. The van der Waals surface area contributed by atoms with E-state index in [1.165, 1.54) is 12.8 Å². The lowest BCUT2D eigenvalue weighted by Gasteiger charge is -2.20. The Labute approximate surface area is 102 Å². The third-order valence-electron chi connectivity index (χ3n) is 3.71. The Morgan fingerprint density at radius 2 is 1.76 bits per heavy atom. The number of ether oxygens (including phenoxy) is 2. The predicted molar refractivity (Wildman–Crippen MR) is 66.3 cm³/mol. The third kappa shape index (κ3) is 2.00. The molecule has 1 aromatic rings. The van der Waals surface area contributed by atoms with Crippen molar-refractivity contribution in [1.29, 1.82) is 0 Å². The Hall–Kier alpha value is -1.22. The Morgan fingerprint density at radius 1 is 1.12 bits per heavy atom. The van der Waals surface area contributed by atoms with Gasteiger partial charge in [0.1, 0.15) is 0 Å². The van der Waals surface area contributed by atoms with E-state index in [9.17, 15) is 0 Å². The van der Waals surface area contributed by atoms with E-state index in [2.05, 4.69) is 0 Å². The van der Waals surface area contributed by atoms with Crippen LogP contribution in [0.4, 0.5) is 0 Å². The van der Waals surface area contributed by atoms with Crippen LogP contribution in [0, 0.1) is 5.41 Å². The summed E-state index contributed by atoms with van der Waals surface area (Å²) >= 11 is 0. The van der Waals surface area contributed by atoms with Crippen molar-refractivity contribution >= 4 is 0 Å². The SMILES string of the molecule is CC(C)(N)c1ccc2c(c1)OCC1(CC1)CO2. The summed E-state index contributed by atoms with van der Waals surface area (Å²) in [6.45, 7) is 5.54. The Bertz CT molecular complexity index is 444. The molecule has 1 saturated carbocycles. The van der Waals surface area contributed by atoms with E-state index in [-0.39, 0.29) is 11.0 Å². The first-order valence-electron chi connectivity index (χ1n) is 6.18. The van der Waals surface area contributed by atoms with Gasteiger partial charge in [-0.3, -0.25) is 0 Å². The Kier molecular flexibility index (Phi) is 2.17. The van der Waals surface area contributed by atoms with Gasteiger partial charge in [0.05, 0.1) is 13.2 Å². The fourth-order valence-electron chi connectivity index (χ4n) is 2.11. The van der Waals surface area contributed by atoms with Crippen molar-refractivity contribution in [2.45, 2.75) is 32.2 Å². The Morgan fingerprint density at radius 3 is 2.35 bits per heavy atom. The quantitative estimate of drug-likeness (QED) is 0.810. The third-order valence-corrected chi connectivity index (χ3v) is 3.71. The molecule has 17 heavy (non-hydrogen) atoms. The molecule has 1 aliphatic heterocycles. The zero-order valence-corrected chi connectivity index (χ0v) is 10.5. The number of benzene rings is 1. The average Bonchev–Trinajstić information content (AvgIpc) is 3.06. The molecule has 0 aromatic heterocycles. The van der Waals surface area contributed by atoms with Crippen LogP contribution in [0.15, 0.2) is 18.2 Å². The summed E-state index contributed by atoms with van der Waals surface area (Å²) in [4.78, 5) is 0. The fraction of sp³-hybridized carbons (Fsp3) is 0.571. The smallest absolute Gasteiger partial charge is 0.161 e. The Balaban J connectivity index is 1.91. The minimum atomic E-state index is -0.345. The van der Waals surface area contributed by atoms with Gasteiger partial charge in [-0.1, -0.05) is 6.07 Å². The molecule has 3 heteroatoms. The minimum absolute atomic E-state index is 0.289. The van der Waals surface area contributed by atoms with Gasteiger partial charge < -0.3 is 15.2 Å². The lowest BCUT2D eigenvalue weighted by atomic mass is 9.95. The van der Waals surface area contributed by atoms with E-state index in [0.29, 0.717) is 0 Å². The number of rotatable bonds is 1. The molecule has 1 fully saturated rings. The second-order valence-corrected chi connectivity index (χ2v) is 5.96. The van der Waals surface area contributed by atoms with Crippen LogP contribution in [0.2, 0.25) is 0 Å². The van der Waals surface area contributed by atoms with Gasteiger partial charge in [-0.25, -0.2) is 0 Å². The number of fused-ring (bicyclic) bond motifs is 1. The van der Waals surface area contributed by atoms with Crippen molar-refractivity contribution in [1.82, 2.24) is 0 Å². The molecule has 0 unspecified atom stereocenters. The summed E-state index contributed by atoms with van der Waals surface area (Å²) in [5.74, 6) is 1.69. The fourth-order valence-corrected chi connectivity index (χ4v) is 2.11. The summed E-state index contributed by atoms with van der Waals surface area (Å²) in [5, 5.41) is 0. The molecule has 92 valence electrons. The first-order valence-corrected chi connectivity index (χ1v) is 6.18. The van der Waals surface area contributed by atoms with Crippen molar-refractivity contribution in [3.63, 3.8) is 0 Å². The van der Waals surface area contributed by atoms with Crippen LogP contribution in [0.5, 0.6) is 11.5 Å². The molecule has 1 aromatic carbocycles. The average molecular weight is 233 g/mol. The van der Waals surface area contributed by atoms with Crippen LogP contribution in [0.1, 0.15) is 32.3 Å². The van der Waals surface area contributed by atoms with Crippen molar-refractivity contribution in [3.05, 3.63) is 23.8 Å². The van der Waals surface area contributed by atoms with E-state index >= 15 is 0 Å². The molecule has 0 radical (unpaired) electrons. The van der Waals surface area contributed by atoms with Crippen molar-refractivity contribution in [2.75, 3.05) is 13.2 Å². The minimum Gasteiger partial charge on any atom is -0.489 e. The lowest BCUT2D eigenvalue weighted by Crippen LogP contribution is -2.28. The molecule has 3 nitrogen and oxygen atoms in total. The molecule has 0 saturated heterocycles. The van der Waals surface area contributed by atoms with Crippen LogP contribution < -0.4 is 15.2 Å². The van der Waals surface area contributed by atoms with E-state index in [1.807, 2.05) is 32.0 Å². The van der Waals surface area contributed by atoms with Crippen LogP contribution in [0.3, 0.4) is 0 Å². The highest BCUT2D eigenvalue weighted by Gasteiger charge is 2.46. The molecule has 0 atom stereocenters. The highest BCUT2D eigenvalue weighted by molar-refractivity contribution is 5.45. The molecule has 3 rings (SSSR count). The summed E-state index contributed by atoms with van der Waals surface area (Å²) in [6.07, 6.45) is 2.44. The van der Waals surface area contributed by atoms with Crippen molar-refractivity contribution in [2.24, 2.45) is 11.1 Å². The molecule has 2 aliphatic rings. The molecular weight excluding hydrogens is 214 g/mol. The monoisotopic (exact) mass is 233 g/mol. The maximum atomic E-state index is 6.10. The topological polar surface area (TPSA) is 44.5 Å². The number of nitrogens with two attached hydrogens (primary N) is 1. The second kappa shape index (κ2) is 3.39.